The second kappa shape index (κ2) is 4.34. The number of ether oxygens (including phenoxy) is 1. The fraction of sp³-hybridized carbons (Fsp3) is 0.900. The monoisotopic (exact) mass is 193 g/mol. The third kappa shape index (κ3) is 2.29. The SMILES string of the molecule is CCOC1=NCCN([B]C2CC2)C1C. The normalized spacial score (nSPS) is 28.4. The van der Waals surface area contributed by atoms with Crippen LogP contribution < -0.4 is 0 Å². The molecule has 1 fully saturated rings. The van der Waals surface area contributed by atoms with E-state index in [0.717, 1.165) is 31.4 Å². The zero-order valence-electron chi connectivity index (χ0n) is 9.07. The highest BCUT2D eigenvalue weighted by Gasteiger charge is 2.31. The first-order chi connectivity index (χ1) is 6.81. The topological polar surface area (TPSA) is 24.8 Å². The molecule has 0 amide bonds. The largest absolute Gasteiger partial charge is 0.480 e. The summed E-state index contributed by atoms with van der Waals surface area (Å²) in [5, 5.41) is 0. The van der Waals surface area contributed by atoms with E-state index in [-0.39, 0.29) is 0 Å². The molecule has 0 bridgehead atoms. The number of rotatable bonds is 3. The van der Waals surface area contributed by atoms with Crippen LogP contribution in [0.25, 0.3) is 0 Å². The summed E-state index contributed by atoms with van der Waals surface area (Å²) in [6.07, 6.45) is 2.73. The Morgan fingerprint density at radius 1 is 1.57 bits per heavy atom. The highest BCUT2D eigenvalue weighted by molar-refractivity contribution is 6.36. The van der Waals surface area contributed by atoms with E-state index in [0.29, 0.717) is 6.04 Å². The van der Waals surface area contributed by atoms with E-state index in [9.17, 15) is 0 Å². The first-order valence-electron chi connectivity index (χ1n) is 5.59. The van der Waals surface area contributed by atoms with Crippen molar-refractivity contribution in [1.29, 1.82) is 0 Å². The molecule has 0 aromatic carbocycles. The van der Waals surface area contributed by atoms with Crippen molar-refractivity contribution in [3.8, 4) is 0 Å². The first kappa shape index (κ1) is 10.0. The molecule has 0 saturated heterocycles. The molecule has 1 unspecified atom stereocenters. The molecular weight excluding hydrogens is 175 g/mol. The molecule has 0 aromatic rings. The van der Waals surface area contributed by atoms with Crippen LogP contribution in [-0.4, -0.2) is 43.9 Å². The van der Waals surface area contributed by atoms with Gasteiger partial charge in [0.1, 0.15) is 0 Å². The molecular formula is C10H18BN2O. The lowest BCUT2D eigenvalue weighted by Crippen LogP contribution is -2.47. The fourth-order valence-electron chi connectivity index (χ4n) is 1.78. The number of aliphatic imine (C=N–C) groups is 1. The summed E-state index contributed by atoms with van der Waals surface area (Å²) in [4.78, 5) is 6.80. The molecule has 1 aliphatic heterocycles. The van der Waals surface area contributed by atoms with Gasteiger partial charge in [-0.05, 0) is 13.8 Å². The Balaban J connectivity index is 1.90. The van der Waals surface area contributed by atoms with Crippen molar-refractivity contribution in [2.75, 3.05) is 19.7 Å². The minimum absolute atomic E-state index is 0.337. The minimum Gasteiger partial charge on any atom is -0.480 e. The Morgan fingerprint density at radius 2 is 2.36 bits per heavy atom. The smallest absolute Gasteiger partial charge is 0.212 e. The Morgan fingerprint density at radius 3 is 3.00 bits per heavy atom. The van der Waals surface area contributed by atoms with Gasteiger partial charge in [-0.2, -0.15) is 0 Å². The molecule has 1 heterocycles. The molecule has 1 atom stereocenters. The molecule has 3 nitrogen and oxygen atoms in total. The molecule has 0 aromatic heterocycles. The third-order valence-corrected chi connectivity index (χ3v) is 2.80. The minimum atomic E-state index is 0.337. The van der Waals surface area contributed by atoms with Crippen LogP contribution in [0.2, 0.25) is 5.82 Å². The van der Waals surface area contributed by atoms with Crippen LogP contribution in [0.1, 0.15) is 26.7 Å². The maximum atomic E-state index is 5.52. The Bertz CT molecular complexity index is 228. The van der Waals surface area contributed by atoms with Crippen LogP contribution in [-0.2, 0) is 4.74 Å². The van der Waals surface area contributed by atoms with Crippen LogP contribution in [0.15, 0.2) is 4.99 Å². The molecule has 2 aliphatic rings. The summed E-state index contributed by atoms with van der Waals surface area (Å²) >= 11 is 0. The maximum Gasteiger partial charge on any atom is 0.212 e. The van der Waals surface area contributed by atoms with Crippen molar-refractivity contribution < 1.29 is 4.74 Å². The zero-order chi connectivity index (χ0) is 9.97. The molecule has 0 spiro atoms. The summed E-state index contributed by atoms with van der Waals surface area (Å²) in [5.74, 6) is 1.74. The lowest BCUT2D eigenvalue weighted by molar-refractivity contribution is 0.268. The van der Waals surface area contributed by atoms with E-state index in [1.165, 1.54) is 12.8 Å². The van der Waals surface area contributed by atoms with Crippen molar-refractivity contribution in [1.82, 2.24) is 4.81 Å². The van der Waals surface area contributed by atoms with E-state index in [1.807, 2.05) is 6.92 Å². The zero-order valence-corrected chi connectivity index (χ0v) is 9.07. The highest BCUT2D eigenvalue weighted by atomic mass is 16.5. The molecule has 77 valence electrons. The number of hydrogen-bond acceptors (Lipinski definition) is 3. The Hall–Kier alpha value is -0.505. The van der Waals surface area contributed by atoms with E-state index in [2.05, 4.69) is 24.1 Å². The van der Waals surface area contributed by atoms with Gasteiger partial charge in [0.15, 0.2) is 5.90 Å². The van der Waals surface area contributed by atoms with E-state index >= 15 is 0 Å². The lowest BCUT2D eigenvalue weighted by atomic mass is 9.81. The summed E-state index contributed by atoms with van der Waals surface area (Å²) in [6, 6.07) is 0.337. The predicted octanol–water partition coefficient (Wildman–Crippen LogP) is 1.33. The third-order valence-electron chi connectivity index (χ3n) is 2.80. The standard InChI is InChI=1S/C10H18BN2O/c1-3-14-10-8(2)13(7-6-12-10)11-9-4-5-9/h8-9H,3-7H2,1-2H3. The Labute approximate surface area is 86.8 Å². The van der Waals surface area contributed by atoms with Gasteiger partial charge in [-0.1, -0.05) is 18.7 Å². The van der Waals surface area contributed by atoms with Crippen molar-refractivity contribution >= 4 is 13.3 Å². The van der Waals surface area contributed by atoms with Gasteiger partial charge in [-0.15, -0.1) is 0 Å². The van der Waals surface area contributed by atoms with Gasteiger partial charge in [0.25, 0.3) is 0 Å². The predicted molar refractivity (Wildman–Crippen MR) is 58.8 cm³/mol. The van der Waals surface area contributed by atoms with E-state index in [1.54, 1.807) is 0 Å². The van der Waals surface area contributed by atoms with Gasteiger partial charge < -0.3 is 9.55 Å². The molecule has 1 saturated carbocycles. The van der Waals surface area contributed by atoms with Crippen LogP contribution in [0.3, 0.4) is 0 Å². The molecule has 1 aliphatic carbocycles. The van der Waals surface area contributed by atoms with Crippen LogP contribution >= 0.6 is 0 Å². The molecule has 4 heteroatoms. The van der Waals surface area contributed by atoms with Gasteiger partial charge in [-0.3, -0.25) is 4.99 Å². The molecule has 1 radical (unpaired) electrons. The number of nitrogens with zero attached hydrogens (tertiary/aromatic N) is 2. The maximum absolute atomic E-state index is 5.52. The fourth-order valence-corrected chi connectivity index (χ4v) is 1.78. The quantitative estimate of drug-likeness (QED) is 0.631. The Kier molecular flexibility index (Phi) is 3.11. The lowest BCUT2D eigenvalue weighted by Gasteiger charge is -2.32. The van der Waals surface area contributed by atoms with E-state index in [4.69, 9.17) is 4.74 Å². The first-order valence-corrected chi connectivity index (χ1v) is 5.59. The second-order valence-corrected chi connectivity index (χ2v) is 4.05. The van der Waals surface area contributed by atoms with Crippen LogP contribution in [0, 0.1) is 0 Å². The summed E-state index contributed by atoms with van der Waals surface area (Å²) in [7, 11) is 2.37. The highest BCUT2D eigenvalue weighted by Crippen LogP contribution is 2.36. The molecule has 0 N–H and O–H groups in total. The van der Waals surface area contributed by atoms with Crippen LogP contribution in [0.4, 0.5) is 0 Å². The van der Waals surface area contributed by atoms with Crippen molar-refractivity contribution in [3.05, 3.63) is 0 Å². The van der Waals surface area contributed by atoms with Crippen molar-refractivity contribution in [2.24, 2.45) is 4.99 Å². The average Bonchev–Trinajstić information content (AvgIpc) is 2.96. The molecule has 14 heavy (non-hydrogen) atoms. The van der Waals surface area contributed by atoms with Gasteiger partial charge in [0.05, 0.1) is 19.2 Å². The summed E-state index contributed by atoms with van der Waals surface area (Å²) in [5.41, 5.74) is 0. The van der Waals surface area contributed by atoms with Gasteiger partial charge in [0, 0.05) is 6.54 Å². The molecule has 2 rings (SSSR count). The summed E-state index contributed by atoms with van der Waals surface area (Å²) in [6.45, 7) is 6.84. The van der Waals surface area contributed by atoms with E-state index < -0.39 is 0 Å². The van der Waals surface area contributed by atoms with Crippen LogP contribution in [0.5, 0.6) is 0 Å². The average molecular weight is 193 g/mol. The summed E-state index contributed by atoms with van der Waals surface area (Å²) < 4.78 is 5.52. The van der Waals surface area contributed by atoms with Gasteiger partial charge in [-0.25, -0.2) is 0 Å². The second-order valence-electron chi connectivity index (χ2n) is 4.05. The van der Waals surface area contributed by atoms with Crippen molar-refractivity contribution in [2.45, 2.75) is 38.5 Å². The van der Waals surface area contributed by atoms with Crippen molar-refractivity contribution in [3.63, 3.8) is 0 Å². The number of hydrogen-bond donors (Lipinski definition) is 0. The van der Waals surface area contributed by atoms with Gasteiger partial charge >= 0.3 is 0 Å². The van der Waals surface area contributed by atoms with Gasteiger partial charge in [0.2, 0.25) is 7.41 Å².